The SMILES string of the molecule is O=S(=O)(NCC[C@H](O)c1ccco1)c1ccc2c(c1)OCCO2. The molecule has 1 aliphatic heterocycles. The lowest BCUT2D eigenvalue weighted by molar-refractivity contribution is 0.141. The van der Waals surface area contributed by atoms with Crippen LogP contribution in [0.3, 0.4) is 0 Å². The van der Waals surface area contributed by atoms with Crippen LogP contribution in [0.1, 0.15) is 18.3 Å². The van der Waals surface area contributed by atoms with Crippen LogP contribution in [0.25, 0.3) is 0 Å². The van der Waals surface area contributed by atoms with Crippen molar-refractivity contribution in [2.45, 2.75) is 17.4 Å². The first kappa shape index (κ1) is 15.9. The molecular weight excluding hydrogens is 322 g/mol. The number of nitrogens with one attached hydrogen (secondary N) is 1. The van der Waals surface area contributed by atoms with Crippen LogP contribution >= 0.6 is 0 Å². The van der Waals surface area contributed by atoms with Crippen molar-refractivity contribution in [1.29, 1.82) is 0 Å². The van der Waals surface area contributed by atoms with Crippen LogP contribution in [0.4, 0.5) is 0 Å². The van der Waals surface area contributed by atoms with E-state index in [9.17, 15) is 13.5 Å². The zero-order valence-electron chi connectivity index (χ0n) is 12.3. The highest BCUT2D eigenvalue weighted by molar-refractivity contribution is 7.89. The molecule has 0 saturated heterocycles. The molecular formula is C15H17NO6S. The fourth-order valence-electron chi connectivity index (χ4n) is 2.23. The third-order valence-electron chi connectivity index (χ3n) is 3.41. The van der Waals surface area contributed by atoms with Gasteiger partial charge in [0.15, 0.2) is 11.5 Å². The van der Waals surface area contributed by atoms with Gasteiger partial charge in [0, 0.05) is 12.6 Å². The van der Waals surface area contributed by atoms with Gasteiger partial charge in [-0.3, -0.25) is 0 Å². The Morgan fingerprint density at radius 3 is 2.70 bits per heavy atom. The molecule has 7 nitrogen and oxygen atoms in total. The molecule has 2 aromatic rings. The van der Waals surface area contributed by atoms with Crippen molar-refractivity contribution in [3.05, 3.63) is 42.4 Å². The van der Waals surface area contributed by atoms with Gasteiger partial charge in [0.25, 0.3) is 0 Å². The Morgan fingerprint density at radius 1 is 1.17 bits per heavy atom. The van der Waals surface area contributed by atoms with Gasteiger partial charge in [0.05, 0.1) is 11.2 Å². The summed E-state index contributed by atoms with van der Waals surface area (Å²) in [4.78, 5) is 0.0919. The molecule has 0 spiro atoms. The molecule has 124 valence electrons. The maximum absolute atomic E-state index is 12.3. The minimum atomic E-state index is -3.69. The summed E-state index contributed by atoms with van der Waals surface area (Å²) in [5, 5.41) is 9.87. The zero-order chi connectivity index (χ0) is 16.3. The van der Waals surface area contributed by atoms with Gasteiger partial charge in [0.2, 0.25) is 10.0 Å². The van der Waals surface area contributed by atoms with Crippen LogP contribution < -0.4 is 14.2 Å². The first-order chi connectivity index (χ1) is 11.1. The number of aliphatic hydroxyl groups is 1. The molecule has 0 radical (unpaired) electrons. The first-order valence-electron chi connectivity index (χ1n) is 7.17. The zero-order valence-corrected chi connectivity index (χ0v) is 13.1. The van der Waals surface area contributed by atoms with Crippen molar-refractivity contribution in [3.8, 4) is 11.5 Å². The predicted octanol–water partition coefficient (Wildman–Crippen LogP) is 1.45. The summed E-state index contributed by atoms with van der Waals surface area (Å²) < 4.78 is 42.8. The van der Waals surface area contributed by atoms with E-state index in [2.05, 4.69) is 4.72 Å². The molecule has 0 bridgehead atoms. The second-order valence-corrected chi connectivity index (χ2v) is 6.79. The summed E-state index contributed by atoms with van der Waals surface area (Å²) in [6, 6.07) is 7.76. The maximum Gasteiger partial charge on any atom is 0.240 e. The number of sulfonamides is 1. The summed E-state index contributed by atoms with van der Waals surface area (Å²) in [5.41, 5.74) is 0. The van der Waals surface area contributed by atoms with Crippen LogP contribution in [-0.4, -0.2) is 33.3 Å². The molecule has 0 aliphatic carbocycles. The van der Waals surface area contributed by atoms with Gasteiger partial charge in [-0.1, -0.05) is 0 Å². The van der Waals surface area contributed by atoms with Crippen LogP contribution in [0.5, 0.6) is 11.5 Å². The average Bonchev–Trinajstić information content (AvgIpc) is 3.08. The standard InChI is InChI=1S/C15H17NO6S/c17-12(13-2-1-7-20-13)5-6-16-23(18,19)11-3-4-14-15(10-11)22-9-8-21-14/h1-4,7,10,12,16-17H,5-6,8-9H2/t12-/m0/s1. The predicted molar refractivity (Wildman–Crippen MR) is 80.9 cm³/mol. The quantitative estimate of drug-likeness (QED) is 0.827. The molecule has 1 aromatic carbocycles. The largest absolute Gasteiger partial charge is 0.486 e. The molecule has 1 aromatic heterocycles. The fourth-order valence-corrected chi connectivity index (χ4v) is 3.29. The van der Waals surface area contributed by atoms with Crippen LogP contribution in [-0.2, 0) is 10.0 Å². The highest BCUT2D eigenvalue weighted by Crippen LogP contribution is 2.32. The molecule has 1 atom stereocenters. The highest BCUT2D eigenvalue weighted by atomic mass is 32.2. The van der Waals surface area contributed by atoms with Crippen molar-refractivity contribution < 1.29 is 27.4 Å². The lowest BCUT2D eigenvalue weighted by atomic mass is 10.2. The van der Waals surface area contributed by atoms with Gasteiger partial charge < -0.3 is 19.0 Å². The number of furan rings is 1. The van der Waals surface area contributed by atoms with E-state index < -0.39 is 16.1 Å². The summed E-state index contributed by atoms with van der Waals surface area (Å²) >= 11 is 0. The third-order valence-corrected chi connectivity index (χ3v) is 4.86. The molecule has 23 heavy (non-hydrogen) atoms. The lowest BCUT2D eigenvalue weighted by Gasteiger charge is -2.19. The van der Waals surface area contributed by atoms with E-state index in [4.69, 9.17) is 13.9 Å². The molecule has 1 aliphatic rings. The molecule has 3 rings (SSSR count). The number of hydrogen-bond donors (Lipinski definition) is 2. The summed E-state index contributed by atoms with van der Waals surface area (Å²) in [7, 11) is -3.69. The normalized spacial score (nSPS) is 15.3. The number of hydrogen-bond acceptors (Lipinski definition) is 6. The average molecular weight is 339 g/mol. The van der Waals surface area contributed by atoms with E-state index in [1.54, 1.807) is 18.2 Å². The van der Waals surface area contributed by atoms with E-state index in [1.165, 1.54) is 18.4 Å². The van der Waals surface area contributed by atoms with Gasteiger partial charge in [0.1, 0.15) is 25.1 Å². The second kappa shape index (κ2) is 6.61. The van der Waals surface area contributed by atoms with Crippen molar-refractivity contribution in [1.82, 2.24) is 4.72 Å². The Bertz CT molecular complexity index is 756. The lowest BCUT2D eigenvalue weighted by Crippen LogP contribution is -2.26. The number of benzene rings is 1. The summed E-state index contributed by atoms with van der Waals surface area (Å²) in [6.45, 7) is 0.917. The van der Waals surface area contributed by atoms with E-state index in [1.807, 2.05) is 0 Å². The monoisotopic (exact) mass is 339 g/mol. The Hall–Kier alpha value is -2.03. The number of rotatable bonds is 6. The summed E-state index contributed by atoms with van der Waals surface area (Å²) in [5.74, 6) is 1.35. The van der Waals surface area contributed by atoms with Crippen molar-refractivity contribution in [2.24, 2.45) is 0 Å². The van der Waals surface area contributed by atoms with E-state index in [-0.39, 0.29) is 17.9 Å². The third kappa shape index (κ3) is 3.66. The number of fused-ring (bicyclic) bond motifs is 1. The van der Waals surface area contributed by atoms with Gasteiger partial charge in [-0.15, -0.1) is 0 Å². The molecule has 2 heterocycles. The van der Waals surface area contributed by atoms with Crippen LogP contribution in [0, 0.1) is 0 Å². The first-order valence-corrected chi connectivity index (χ1v) is 8.65. The molecule has 8 heteroatoms. The Labute approximate surface area is 133 Å². The Morgan fingerprint density at radius 2 is 1.96 bits per heavy atom. The second-order valence-electron chi connectivity index (χ2n) is 5.02. The molecule has 2 N–H and O–H groups in total. The minimum absolute atomic E-state index is 0.0820. The minimum Gasteiger partial charge on any atom is -0.486 e. The van der Waals surface area contributed by atoms with Crippen molar-refractivity contribution in [3.63, 3.8) is 0 Å². The highest BCUT2D eigenvalue weighted by Gasteiger charge is 2.20. The Kier molecular flexibility index (Phi) is 4.56. The van der Waals surface area contributed by atoms with E-state index >= 15 is 0 Å². The molecule has 0 saturated carbocycles. The van der Waals surface area contributed by atoms with Crippen molar-refractivity contribution >= 4 is 10.0 Å². The van der Waals surface area contributed by atoms with Crippen LogP contribution in [0.15, 0.2) is 45.9 Å². The van der Waals surface area contributed by atoms with Gasteiger partial charge in [-0.2, -0.15) is 0 Å². The number of aliphatic hydroxyl groups excluding tert-OH is 1. The fraction of sp³-hybridized carbons (Fsp3) is 0.333. The van der Waals surface area contributed by atoms with Crippen LogP contribution in [0.2, 0.25) is 0 Å². The van der Waals surface area contributed by atoms with Crippen molar-refractivity contribution in [2.75, 3.05) is 19.8 Å². The Balaban J connectivity index is 1.63. The maximum atomic E-state index is 12.3. The molecule has 0 unspecified atom stereocenters. The topological polar surface area (TPSA) is 98.0 Å². The van der Waals surface area contributed by atoms with Gasteiger partial charge >= 0.3 is 0 Å². The number of ether oxygens (including phenoxy) is 2. The van der Waals surface area contributed by atoms with Gasteiger partial charge in [-0.05, 0) is 30.7 Å². The van der Waals surface area contributed by atoms with E-state index in [0.717, 1.165) is 0 Å². The smallest absolute Gasteiger partial charge is 0.240 e. The molecule has 0 fully saturated rings. The van der Waals surface area contributed by atoms with Gasteiger partial charge in [-0.25, -0.2) is 13.1 Å². The van der Waals surface area contributed by atoms with E-state index in [0.29, 0.717) is 30.5 Å². The molecule has 0 amide bonds. The summed E-state index contributed by atoms with van der Waals surface area (Å²) in [6.07, 6.45) is 0.808.